The van der Waals surface area contributed by atoms with E-state index in [1.54, 1.807) is 48.5 Å². The van der Waals surface area contributed by atoms with Crippen LogP contribution < -0.4 is 16.4 Å². The Bertz CT molecular complexity index is 1250. The van der Waals surface area contributed by atoms with Gasteiger partial charge in [0.2, 0.25) is 23.5 Å². The zero-order valence-corrected chi connectivity index (χ0v) is 20.8. The van der Waals surface area contributed by atoms with Gasteiger partial charge in [0, 0.05) is 19.5 Å². The Hall–Kier alpha value is -4.79. The predicted molar refractivity (Wildman–Crippen MR) is 141 cm³/mol. The van der Waals surface area contributed by atoms with Crippen molar-refractivity contribution < 1.29 is 24.0 Å². The second-order valence-electron chi connectivity index (χ2n) is 8.72. The van der Waals surface area contributed by atoms with E-state index in [4.69, 9.17) is 5.73 Å². The summed E-state index contributed by atoms with van der Waals surface area (Å²) in [5.41, 5.74) is 7.47. The number of nitrogens with two attached hydrogens (primary N) is 1. The fraction of sp³-hybridized carbons (Fsp3) is 0.207. The van der Waals surface area contributed by atoms with Crippen LogP contribution in [0.3, 0.4) is 0 Å². The van der Waals surface area contributed by atoms with Gasteiger partial charge in [-0.15, -0.1) is 0 Å². The molecule has 3 rings (SSSR count). The molecule has 0 saturated heterocycles. The highest BCUT2D eigenvalue weighted by Gasteiger charge is 2.29. The van der Waals surface area contributed by atoms with Crippen LogP contribution in [0.4, 0.5) is 0 Å². The molecule has 0 fully saturated rings. The summed E-state index contributed by atoms with van der Waals surface area (Å²) < 4.78 is 0. The van der Waals surface area contributed by atoms with Gasteiger partial charge in [-0.25, -0.2) is 0 Å². The van der Waals surface area contributed by atoms with Crippen molar-refractivity contribution in [3.8, 4) is 0 Å². The number of benzene rings is 3. The summed E-state index contributed by atoms with van der Waals surface area (Å²) in [5.74, 6) is -3.73. The van der Waals surface area contributed by atoms with Gasteiger partial charge in [-0.2, -0.15) is 0 Å². The first-order chi connectivity index (χ1) is 18.3. The minimum absolute atomic E-state index is 0.0361. The van der Waals surface area contributed by atoms with Gasteiger partial charge < -0.3 is 21.3 Å². The molecule has 38 heavy (non-hydrogen) atoms. The van der Waals surface area contributed by atoms with Gasteiger partial charge in [0.05, 0.1) is 6.54 Å². The van der Waals surface area contributed by atoms with Crippen molar-refractivity contribution >= 4 is 29.4 Å². The maximum atomic E-state index is 13.7. The highest BCUT2D eigenvalue weighted by molar-refractivity contribution is 6.37. The molecule has 196 valence electrons. The third kappa shape index (κ3) is 9.02. The minimum atomic E-state index is -1.09. The lowest BCUT2D eigenvalue weighted by atomic mass is 10.0. The molecule has 0 aromatic heterocycles. The average molecular weight is 515 g/mol. The largest absolute Gasteiger partial charge is 0.369 e. The van der Waals surface area contributed by atoms with E-state index in [1.165, 1.54) is 4.90 Å². The van der Waals surface area contributed by atoms with Crippen LogP contribution in [-0.2, 0) is 43.5 Å². The number of carbonyl (C=O) groups is 5. The van der Waals surface area contributed by atoms with Gasteiger partial charge in [0.15, 0.2) is 0 Å². The number of hydrogen-bond donors (Lipinski definition) is 3. The summed E-state index contributed by atoms with van der Waals surface area (Å²) in [7, 11) is 0. The van der Waals surface area contributed by atoms with Gasteiger partial charge in [0.1, 0.15) is 12.5 Å². The van der Waals surface area contributed by atoms with Crippen molar-refractivity contribution in [2.24, 2.45) is 5.73 Å². The van der Waals surface area contributed by atoms with E-state index in [9.17, 15) is 24.0 Å². The fourth-order valence-corrected chi connectivity index (χ4v) is 3.81. The number of nitrogens with zero attached hydrogens (tertiary/aromatic N) is 1. The molecular weight excluding hydrogens is 484 g/mol. The Balaban J connectivity index is 1.80. The highest BCUT2D eigenvalue weighted by atomic mass is 16.2. The van der Waals surface area contributed by atoms with Crippen LogP contribution in [0.2, 0.25) is 0 Å². The first-order valence-electron chi connectivity index (χ1n) is 12.1. The van der Waals surface area contributed by atoms with E-state index < -0.39 is 48.4 Å². The van der Waals surface area contributed by atoms with Crippen LogP contribution in [-0.4, -0.2) is 46.9 Å². The van der Waals surface area contributed by atoms with Gasteiger partial charge in [-0.3, -0.25) is 24.0 Å². The zero-order chi connectivity index (χ0) is 27.3. The van der Waals surface area contributed by atoms with Crippen LogP contribution in [0.5, 0.6) is 0 Å². The lowest BCUT2D eigenvalue weighted by Gasteiger charge is -2.27. The molecule has 3 aromatic carbocycles. The predicted octanol–water partition coefficient (Wildman–Crippen LogP) is 1.50. The van der Waals surface area contributed by atoms with E-state index in [0.29, 0.717) is 0 Å². The van der Waals surface area contributed by atoms with Crippen molar-refractivity contribution in [3.63, 3.8) is 0 Å². The number of amides is 4. The van der Waals surface area contributed by atoms with Crippen LogP contribution >= 0.6 is 0 Å². The first-order valence-corrected chi connectivity index (χ1v) is 12.1. The average Bonchev–Trinajstić information content (AvgIpc) is 2.91. The molecule has 0 aliphatic rings. The second-order valence-corrected chi connectivity index (χ2v) is 8.72. The molecule has 4 N–H and O–H groups in total. The number of Topliss-reactive ketones (excluding diaryl/α,β-unsaturated/α-hetero) is 1. The number of hydrogen-bond acceptors (Lipinski definition) is 5. The number of primary amides is 1. The van der Waals surface area contributed by atoms with Gasteiger partial charge in [0.25, 0.3) is 5.91 Å². The van der Waals surface area contributed by atoms with E-state index in [-0.39, 0.29) is 19.5 Å². The van der Waals surface area contributed by atoms with Gasteiger partial charge in [-0.1, -0.05) is 91.0 Å². The SMILES string of the molecule is NC(=O)CC(=O)N[C@@H](Cc1ccccc1)C(=O)N(CC(=O)C(=O)NCc1ccccc1)Cc1ccccc1. The molecule has 0 aliphatic heterocycles. The standard InChI is InChI=1S/C29H30N4O5/c30-26(35)17-27(36)32-24(16-21-10-4-1-5-11-21)29(38)33(19-23-14-8-3-9-15-23)20-25(34)28(37)31-18-22-12-6-2-7-13-22/h1-15,24H,16-20H2,(H2,30,35)(H,31,37)(H,32,36)/t24-/m0/s1. The summed E-state index contributed by atoms with van der Waals surface area (Å²) in [4.78, 5) is 64.0. The maximum Gasteiger partial charge on any atom is 0.289 e. The van der Waals surface area contributed by atoms with Crippen molar-refractivity contribution in [2.45, 2.75) is 32.0 Å². The molecule has 9 heteroatoms. The van der Waals surface area contributed by atoms with E-state index in [1.807, 2.05) is 42.5 Å². The van der Waals surface area contributed by atoms with Gasteiger partial charge >= 0.3 is 0 Å². The number of rotatable bonds is 13. The smallest absolute Gasteiger partial charge is 0.289 e. The molecule has 9 nitrogen and oxygen atoms in total. The van der Waals surface area contributed by atoms with Crippen molar-refractivity contribution in [2.75, 3.05) is 6.54 Å². The maximum absolute atomic E-state index is 13.7. The van der Waals surface area contributed by atoms with Crippen LogP contribution in [0, 0.1) is 0 Å². The number of ketones is 1. The van der Waals surface area contributed by atoms with Crippen molar-refractivity contribution in [1.29, 1.82) is 0 Å². The monoisotopic (exact) mass is 514 g/mol. The van der Waals surface area contributed by atoms with Crippen molar-refractivity contribution in [3.05, 3.63) is 108 Å². The number of nitrogens with one attached hydrogen (secondary N) is 2. The summed E-state index contributed by atoms with van der Waals surface area (Å²) in [5, 5.41) is 5.15. The first kappa shape index (κ1) is 27.8. The summed E-state index contributed by atoms with van der Waals surface area (Å²) in [6.45, 7) is -0.294. The summed E-state index contributed by atoms with van der Waals surface area (Å²) in [6, 6.07) is 26.0. The van der Waals surface area contributed by atoms with Crippen LogP contribution in [0.25, 0.3) is 0 Å². The molecule has 0 spiro atoms. The lowest BCUT2D eigenvalue weighted by molar-refractivity contribution is -0.144. The Kier molecular flexibility index (Phi) is 10.3. The topological polar surface area (TPSA) is 139 Å². The molecule has 1 atom stereocenters. The molecule has 0 bridgehead atoms. The van der Waals surface area contributed by atoms with E-state index >= 15 is 0 Å². The third-order valence-corrected chi connectivity index (χ3v) is 5.66. The van der Waals surface area contributed by atoms with E-state index in [2.05, 4.69) is 10.6 Å². The molecule has 3 aromatic rings. The Morgan fingerprint density at radius 2 is 1.26 bits per heavy atom. The Labute approximate surface area is 221 Å². The second kappa shape index (κ2) is 14.1. The molecule has 4 amide bonds. The third-order valence-electron chi connectivity index (χ3n) is 5.66. The fourth-order valence-electron chi connectivity index (χ4n) is 3.81. The summed E-state index contributed by atoms with van der Waals surface area (Å²) >= 11 is 0. The van der Waals surface area contributed by atoms with Crippen LogP contribution in [0.1, 0.15) is 23.1 Å². The van der Waals surface area contributed by atoms with Crippen molar-refractivity contribution in [1.82, 2.24) is 15.5 Å². The molecule has 0 saturated carbocycles. The Morgan fingerprint density at radius 1 is 0.737 bits per heavy atom. The molecule has 0 aliphatic carbocycles. The normalized spacial score (nSPS) is 11.2. The van der Waals surface area contributed by atoms with Crippen LogP contribution in [0.15, 0.2) is 91.0 Å². The molecule has 0 radical (unpaired) electrons. The highest BCUT2D eigenvalue weighted by Crippen LogP contribution is 2.11. The number of carbonyl (C=O) groups excluding carboxylic acids is 5. The van der Waals surface area contributed by atoms with E-state index in [0.717, 1.165) is 16.7 Å². The molecule has 0 heterocycles. The van der Waals surface area contributed by atoms with Gasteiger partial charge in [-0.05, 0) is 16.7 Å². The summed E-state index contributed by atoms with van der Waals surface area (Å²) in [6.07, 6.45) is -0.470. The molecule has 0 unspecified atom stereocenters. The zero-order valence-electron chi connectivity index (χ0n) is 20.8. The Morgan fingerprint density at radius 3 is 1.82 bits per heavy atom. The lowest BCUT2D eigenvalue weighted by Crippen LogP contribution is -2.52. The minimum Gasteiger partial charge on any atom is -0.369 e. The quantitative estimate of drug-likeness (QED) is 0.234. The molecular formula is C29H30N4O5.